The number of nitrogens with zero attached hydrogens (tertiary/aromatic N) is 1. The van der Waals surface area contributed by atoms with Crippen molar-refractivity contribution in [3.05, 3.63) is 0 Å². The number of hydrogen-bond acceptors (Lipinski definition) is 2. The Morgan fingerprint density at radius 3 is 2.53 bits per heavy atom. The van der Waals surface area contributed by atoms with E-state index in [4.69, 9.17) is 5.11 Å². The van der Waals surface area contributed by atoms with Crippen molar-refractivity contribution in [3.8, 4) is 0 Å². The first-order chi connectivity index (χ1) is 7.09. The van der Waals surface area contributed by atoms with Crippen molar-refractivity contribution in [2.75, 3.05) is 13.1 Å². The van der Waals surface area contributed by atoms with Crippen LogP contribution in [0.4, 0.5) is 0 Å². The maximum Gasteiger partial charge on any atom is 0.306 e. The molecule has 1 saturated carbocycles. The second-order valence-corrected chi connectivity index (χ2v) is 5.32. The molecule has 2 aliphatic rings. The lowest BCUT2D eigenvalue weighted by Gasteiger charge is -2.46. The molecule has 15 heavy (non-hydrogen) atoms. The highest BCUT2D eigenvalue weighted by Gasteiger charge is 2.40. The third kappa shape index (κ3) is 2.03. The van der Waals surface area contributed by atoms with E-state index in [0.717, 1.165) is 25.0 Å². The van der Waals surface area contributed by atoms with Crippen LogP contribution in [0, 0.1) is 17.8 Å². The number of carbonyl (C=O) groups is 1. The minimum absolute atomic E-state index is 0.169. The Morgan fingerprint density at radius 1 is 1.40 bits per heavy atom. The Bertz CT molecular complexity index is 248. The molecule has 0 amide bonds. The number of likely N-dealkylation sites (tertiary alicyclic amines) is 1. The number of hydrogen-bond donors (Lipinski definition) is 1. The van der Waals surface area contributed by atoms with Gasteiger partial charge in [-0.15, -0.1) is 0 Å². The Balaban J connectivity index is 1.80. The van der Waals surface area contributed by atoms with Gasteiger partial charge in [0, 0.05) is 19.1 Å². The van der Waals surface area contributed by atoms with Crippen molar-refractivity contribution < 1.29 is 9.90 Å². The fourth-order valence-corrected chi connectivity index (χ4v) is 3.01. The first-order valence-electron chi connectivity index (χ1n) is 6.06. The van der Waals surface area contributed by atoms with Crippen LogP contribution in [0.2, 0.25) is 0 Å². The summed E-state index contributed by atoms with van der Waals surface area (Å²) < 4.78 is 0. The Kier molecular flexibility index (Phi) is 3.01. The van der Waals surface area contributed by atoms with Gasteiger partial charge in [0.1, 0.15) is 0 Å². The first kappa shape index (κ1) is 10.9. The topological polar surface area (TPSA) is 40.5 Å². The summed E-state index contributed by atoms with van der Waals surface area (Å²) in [6.45, 7) is 6.17. The second-order valence-electron chi connectivity index (χ2n) is 5.32. The molecule has 0 aromatic carbocycles. The summed E-state index contributed by atoms with van der Waals surface area (Å²) in [7, 11) is 0. The number of carboxylic acids is 1. The molecule has 3 nitrogen and oxygen atoms in total. The van der Waals surface area contributed by atoms with Crippen LogP contribution >= 0.6 is 0 Å². The zero-order chi connectivity index (χ0) is 11.0. The van der Waals surface area contributed by atoms with E-state index in [1.54, 1.807) is 0 Å². The monoisotopic (exact) mass is 211 g/mol. The predicted octanol–water partition coefficient (Wildman–Crippen LogP) is 1.83. The van der Waals surface area contributed by atoms with Crippen LogP contribution in [0.3, 0.4) is 0 Å². The van der Waals surface area contributed by atoms with Crippen LogP contribution in [-0.4, -0.2) is 35.1 Å². The van der Waals surface area contributed by atoms with Gasteiger partial charge in [-0.3, -0.25) is 9.69 Å². The molecular formula is C12H21NO2. The van der Waals surface area contributed by atoms with Gasteiger partial charge in [0.15, 0.2) is 0 Å². The van der Waals surface area contributed by atoms with Crippen molar-refractivity contribution in [1.82, 2.24) is 4.90 Å². The minimum Gasteiger partial charge on any atom is -0.481 e. The van der Waals surface area contributed by atoms with Gasteiger partial charge in [0.25, 0.3) is 0 Å². The number of rotatable bonds is 3. The van der Waals surface area contributed by atoms with Gasteiger partial charge in [-0.2, -0.15) is 0 Å². The molecule has 1 aliphatic heterocycles. The van der Waals surface area contributed by atoms with Crippen LogP contribution in [0.25, 0.3) is 0 Å². The third-order valence-corrected chi connectivity index (χ3v) is 4.32. The molecule has 0 radical (unpaired) electrons. The van der Waals surface area contributed by atoms with Crippen LogP contribution in [-0.2, 0) is 4.79 Å². The summed E-state index contributed by atoms with van der Waals surface area (Å²) in [6.07, 6.45) is 4.01. The highest BCUT2D eigenvalue weighted by Crippen LogP contribution is 2.35. The van der Waals surface area contributed by atoms with Crippen LogP contribution in [0.5, 0.6) is 0 Å². The molecule has 0 aromatic heterocycles. The summed E-state index contributed by atoms with van der Waals surface area (Å²) in [5.74, 6) is 0.387. The lowest BCUT2D eigenvalue weighted by atomic mass is 9.85. The standard InChI is InChI=1S/C12H21NO2/c1-8-4-3-5-11(8)13-6-10(7-13)9(2)12(14)15/h8-11H,3-7H2,1-2H3,(H,14,15). The molecule has 2 fully saturated rings. The van der Waals surface area contributed by atoms with E-state index < -0.39 is 5.97 Å². The summed E-state index contributed by atoms with van der Waals surface area (Å²) >= 11 is 0. The van der Waals surface area contributed by atoms with Crippen LogP contribution in [0.1, 0.15) is 33.1 Å². The molecule has 1 saturated heterocycles. The van der Waals surface area contributed by atoms with E-state index in [9.17, 15) is 4.79 Å². The predicted molar refractivity (Wildman–Crippen MR) is 58.7 cm³/mol. The van der Waals surface area contributed by atoms with Gasteiger partial charge < -0.3 is 5.11 Å². The SMILES string of the molecule is CC1CCCC1N1CC(C(C)C(=O)O)C1. The lowest BCUT2D eigenvalue weighted by molar-refractivity contribution is -0.146. The summed E-state index contributed by atoms with van der Waals surface area (Å²) in [6, 6.07) is 0.738. The highest BCUT2D eigenvalue weighted by atomic mass is 16.4. The fraction of sp³-hybridized carbons (Fsp3) is 0.917. The van der Waals surface area contributed by atoms with Crippen LogP contribution < -0.4 is 0 Å². The minimum atomic E-state index is -0.640. The van der Waals surface area contributed by atoms with Crippen molar-refractivity contribution in [3.63, 3.8) is 0 Å². The maximum atomic E-state index is 10.8. The Morgan fingerprint density at radius 2 is 2.07 bits per heavy atom. The van der Waals surface area contributed by atoms with Gasteiger partial charge >= 0.3 is 5.97 Å². The van der Waals surface area contributed by atoms with Crippen LogP contribution in [0.15, 0.2) is 0 Å². The number of carboxylic acid groups (broad SMARTS) is 1. The van der Waals surface area contributed by atoms with E-state index in [1.165, 1.54) is 19.3 Å². The zero-order valence-electron chi connectivity index (χ0n) is 9.65. The molecule has 0 spiro atoms. The highest BCUT2D eigenvalue weighted by molar-refractivity contribution is 5.70. The van der Waals surface area contributed by atoms with Crippen molar-refractivity contribution in [2.45, 2.75) is 39.2 Å². The Labute approximate surface area is 91.5 Å². The molecule has 2 rings (SSSR count). The molecule has 0 aromatic rings. The molecule has 3 atom stereocenters. The maximum absolute atomic E-state index is 10.8. The summed E-state index contributed by atoms with van der Waals surface area (Å²) in [5.41, 5.74) is 0. The number of aliphatic carboxylic acids is 1. The molecule has 1 N–H and O–H groups in total. The first-order valence-corrected chi connectivity index (χ1v) is 6.06. The fourth-order valence-electron chi connectivity index (χ4n) is 3.01. The molecule has 86 valence electrons. The smallest absolute Gasteiger partial charge is 0.306 e. The van der Waals surface area contributed by atoms with Gasteiger partial charge in [-0.1, -0.05) is 20.3 Å². The van der Waals surface area contributed by atoms with E-state index in [1.807, 2.05) is 6.92 Å². The molecular weight excluding hydrogens is 190 g/mol. The van der Waals surface area contributed by atoms with E-state index in [0.29, 0.717) is 5.92 Å². The van der Waals surface area contributed by atoms with Crippen molar-refractivity contribution in [1.29, 1.82) is 0 Å². The molecule has 3 unspecified atom stereocenters. The third-order valence-electron chi connectivity index (χ3n) is 4.32. The van der Waals surface area contributed by atoms with Gasteiger partial charge in [-0.05, 0) is 24.7 Å². The van der Waals surface area contributed by atoms with Gasteiger partial charge in [0.2, 0.25) is 0 Å². The largest absolute Gasteiger partial charge is 0.481 e. The second kappa shape index (κ2) is 4.12. The average molecular weight is 211 g/mol. The quantitative estimate of drug-likeness (QED) is 0.774. The molecule has 0 bridgehead atoms. The lowest BCUT2D eigenvalue weighted by Crippen LogP contribution is -2.55. The molecule has 3 heteroatoms. The van der Waals surface area contributed by atoms with E-state index in [-0.39, 0.29) is 5.92 Å². The zero-order valence-corrected chi connectivity index (χ0v) is 9.65. The molecule has 1 aliphatic carbocycles. The van der Waals surface area contributed by atoms with E-state index >= 15 is 0 Å². The normalized spacial score (nSPS) is 35.1. The van der Waals surface area contributed by atoms with Crippen molar-refractivity contribution in [2.24, 2.45) is 17.8 Å². The Hall–Kier alpha value is -0.570. The van der Waals surface area contributed by atoms with E-state index in [2.05, 4.69) is 11.8 Å². The van der Waals surface area contributed by atoms with Gasteiger partial charge in [-0.25, -0.2) is 0 Å². The summed E-state index contributed by atoms with van der Waals surface area (Å²) in [4.78, 5) is 13.3. The van der Waals surface area contributed by atoms with Crippen molar-refractivity contribution >= 4 is 5.97 Å². The summed E-state index contributed by atoms with van der Waals surface area (Å²) in [5, 5.41) is 8.90. The average Bonchev–Trinajstić information content (AvgIpc) is 2.49. The molecule has 1 heterocycles. The van der Waals surface area contributed by atoms with Gasteiger partial charge in [0.05, 0.1) is 5.92 Å².